The number of Topliss-reactive ketones (excluding diaryl/α,β-unsaturated/α-hetero) is 1. The molecule has 0 radical (unpaired) electrons. The summed E-state index contributed by atoms with van der Waals surface area (Å²) >= 11 is 0. The number of hydrogen-bond donors (Lipinski definition) is 2. The molecule has 206 valence electrons. The first-order valence-corrected chi connectivity index (χ1v) is 13.1. The number of hydrogen-bond acceptors (Lipinski definition) is 6. The van der Waals surface area contributed by atoms with Crippen LogP contribution in [0, 0.1) is 11.3 Å². The van der Waals surface area contributed by atoms with Gasteiger partial charge >= 0.3 is 0 Å². The Kier molecular flexibility index (Phi) is 9.91. The molecular formula is C30H41N3O5. The van der Waals surface area contributed by atoms with Gasteiger partial charge in [0.05, 0.1) is 20.3 Å². The van der Waals surface area contributed by atoms with Gasteiger partial charge < -0.3 is 24.8 Å². The lowest BCUT2D eigenvalue weighted by Crippen LogP contribution is -2.32. The van der Waals surface area contributed by atoms with Crippen LogP contribution in [0.2, 0.25) is 0 Å². The van der Waals surface area contributed by atoms with Crippen molar-refractivity contribution in [3.8, 4) is 11.5 Å². The Hall–Kier alpha value is -3.39. The molecule has 0 bridgehead atoms. The largest absolute Gasteiger partial charge is 0.493 e. The van der Waals surface area contributed by atoms with Crippen LogP contribution < -0.4 is 15.2 Å². The fourth-order valence-corrected chi connectivity index (χ4v) is 5.01. The van der Waals surface area contributed by atoms with Crippen LogP contribution >= 0.6 is 0 Å². The second kappa shape index (κ2) is 12.9. The van der Waals surface area contributed by atoms with Crippen LogP contribution in [0.15, 0.2) is 42.5 Å². The average molecular weight is 524 g/mol. The van der Waals surface area contributed by atoms with Crippen LogP contribution in [0.1, 0.15) is 67.4 Å². The van der Waals surface area contributed by atoms with E-state index in [-0.39, 0.29) is 48.5 Å². The van der Waals surface area contributed by atoms with Gasteiger partial charge in [-0.2, -0.15) is 0 Å². The van der Waals surface area contributed by atoms with E-state index in [0.717, 1.165) is 17.5 Å². The zero-order valence-electron chi connectivity index (χ0n) is 23.2. The van der Waals surface area contributed by atoms with Crippen molar-refractivity contribution < 1.29 is 23.8 Å². The number of methoxy groups -OCH3 is 2. The Labute approximate surface area is 226 Å². The summed E-state index contributed by atoms with van der Waals surface area (Å²) in [5.41, 5.74) is 7.39. The van der Waals surface area contributed by atoms with Crippen molar-refractivity contribution >= 4 is 17.5 Å². The monoisotopic (exact) mass is 523 g/mol. The van der Waals surface area contributed by atoms with E-state index in [9.17, 15) is 9.59 Å². The van der Waals surface area contributed by atoms with Crippen LogP contribution in [0.5, 0.6) is 11.5 Å². The minimum Gasteiger partial charge on any atom is -0.493 e. The molecule has 3 rings (SSSR count). The van der Waals surface area contributed by atoms with Crippen molar-refractivity contribution in [1.29, 1.82) is 5.41 Å². The molecule has 0 aromatic heterocycles. The Balaban J connectivity index is 1.87. The summed E-state index contributed by atoms with van der Waals surface area (Å²) in [4.78, 5) is 26.6. The van der Waals surface area contributed by atoms with E-state index in [1.54, 1.807) is 20.3 Å². The number of carbonyl (C=O) groups is 2. The van der Waals surface area contributed by atoms with E-state index in [0.29, 0.717) is 42.5 Å². The van der Waals surface area contributed by atoms with E-state index in [1.807, 2.05) is 41.3 Å². The van der Waals surface area contributed by atoms with Crippen molar-refractivity contribution in [1.82, 2.24) is 4.90 Å². The summed E-state index contributed by atoms with van der Waals surface area (Å²) in [6.07, 6.45) is 1.50. The fraction of sp³-hybridized carbons (Fsp3) is 0.500. The minimum atomic E-state index is -0.384. The van der Waals surface area contributed by atoms with E-state index in [2.05, 4.69) is 20.8 Å². The number of rotatable bonds is 13. The molecule has 8 heteroatoms. The maximum Gasteiger partial charge on any atom is 0.217 e. The number of primary amides is 1. The maximum absolute atomic E-state index is 13.6. The van der Waals surface area contributed by atoms with Crippen LogP contribution in [0.3, 0.4) is 0 Å². The quantitative estimate of drug-likeness (QED) is 0.294. The topological polar surface area (TPSA) is 115 Å². The van der Waals surface area contributed by atoms with Gasteiger partial charge in [-0.05, 0) is 41.9 Å². The molecule has 1 amide bonds. The van der Waals surface area contributed by atoms with E-state index in [1.165, 1.54) is 0 Å². The number of carbonyl (C=O) groups excluding carboxylic acids is 2. The van der Waals surface area contributed by atoms with Crippen LogP contribution in [-0.4, -0.2) is 62.9 Å². The molecule has 38 heavy (non-hydrogen) atoms. The predicted molar refractivity (Wildman–Crippen MR) is 148 cm³/mol. The third kappa shape index (κ3) is 7.13. The second-order valence-electron chi connectivity index (χ2n) is 10.8. The number of ether oxygens (including phenoxy) is 3. The van der Waals surface area contributed by atoms with Gasteiger partial charge in [-0.25, -0.2) is 0 Å². The van der Waals surface area contributed by atoms with Gasteiger partial charge in [-0.1, -0.05) is 51.1 Å². The first-order chi connectivity index (χ1) is 18.1. The summed E-state index contributed by atoms with van der Waals surface area (Å²) < 4.78 is 17.0. The van der Waals surface area contributed by atoms with Crippen LogP contribution in [0.4, 0.5) is 0 Å². The molecule has 3 N–H and O–H groups in total. The number of ketones is 1. The number of amides is 1. The lowest BCUT2D eigenvalue weighted by Gasteiger charge is -2.25. The molecule has 1 heterocycles. The van der Waals surface area contributed by atoms with Crippen molar-refractivity contribution in [2.24, 2.45) is 11.7 Å². The lowest BCUT2D eigenvalue weighted by molar-refractivity contribution is -0.118. The van der Waals surface area contributed by atoms with Crippen molar-refractivity contribution in [3.05, 3.63) is 59.2 Å². The van der Waals surface area contributed by atoms with Gasteiger partial charge in [0.2, 0.25) is 5.91 Å². The zero-order valence-corrected chi connectivity index (χ0v) is 23.2. The molecule has 1 fully saturated rings. The van der Waals surface area contributed by atoms with Crippen LogP contribution in [-0.2, 0) is 14.9 Å². The zero-order chi connectivity index (χ0) is 27.9. The van der Waals surface area contributed by atoms with E-state index >= 15 is 0 Å². The molecule has 0 saturated carbocycles. The van der Waals surface area contributed by atoms with Crippen molar-refractivity contribution in [2.75, 3.05) is 40.5 Å². The summed E-state index contributed by atoms with van der Waals surface area (Å²) in [5, 5.41) is 8.97. The van der Waals surface area contributed by atoms with Crippen molar-refractivity contribution in [2.45, 2.75) is 51.4 Å². The Morgan fingerprint density at radius 3 is 2.42 bits per heavy atom. The maximum atomic E-state index is 13.6. The molecular weight excluding hydrogens is 482 g/mol. The first kappa shape index (κ1) is 29.2. The summed E-state index contributed by atoms with van der Waals surface area (Å²) in [7, 11) is 3.26. The summed E-state index contributed by atoms with van der Waals surface area (Å²) in [6, 6.07) is 13.6. The molecule has 2 aromatic carbocycles. The third-order valence-electron chi connectivity index (χ3n) is 6.96. The number of nitrogens with zero attached hydrogens (tertiary/aromatic N) is 1. The fourth-order valence-electron chi connectivity index (χ4n) is 5.01. The highest BCUT2D eigenvalue weighted by atomic mass is 16.5. The van der Waals surface area contributed by atoms with Gasteiger partial charge in [0, 0.05) is 43.7 Å². The molecule has 8 nitrogen and oxygen atoms in total. The summed E-state index contributed by atoms with van der Waals surface area (Å²) in [5.74, 6) is 1.12. The molecule has 0 spiro atoms. The summed E-state index contributed by atoms with van der Waals surface area (Å²) in [6.45, 7) is 7.75. The number of likely N-dealkylation sites (tertiary alicyclic amines) is 1. The molecule has 1 aliphatic heterocycles. The normalized spacial score (nSPS) is 17.5. The van der Waals surface area contributed by atoms with Gasteiger partial charge in [0.25, 0.3) is 0 Å². The first-order valence-electron chi connectivity index (χ1n) is 13.1. The van der Waals surface area contributed by atoms with Gasteiger partial charge in [0.1, 0.15) is 5.84 Å². The second-order valence-corrected chi connectivity index (χ2v) is 10.8. The number of benzene rings is 2. The Bertz CT molecular complexity index is 1130. The van der Waals surface area contributed by atoms with Gasteiger partial charge in [-0.3, -0.25) is 15.0 Å². The van der Waals surface area contributed by atoms with E-state index in [4.69, 9.17) is 25.4 Å². The standard InChI is InChI=1S/C30H41N3O5/c1-30(2,3)23-16-22(17-25(28(23)37-5)38-14-9-12-26(31)35)24(34)19-33-18-21(13-15-36-4)27(29(33)32)20-10-7-6-8-11-20/h6-8,10-11,16-17,21,27,32H,9,12-15,18-19H2,1-5H3,(H2,31,35). The molecule has 2 unspecified atom stereocenters. The highest BCUT2D eigenvalue weighted by Gasteiger charge is 2.39. The van der Waals surface area contributed by atoms with Gasteiger partial charge in [0.15, 0.2) is 17.3 Å². The molecule has 1 saturated heterocycles. The number of nitrogens with one attached hydrogen (secondary N) is 1. The third-order valence-corrected chi connectivity index (χ3v) is 6.96. The SMILES string of the molecule is COCCC1CN(CC(=O)c2cc(OCCCC(N)=O)c(OC)c(C(C)(C)C)c2)C(=N)C1c1ccccc1. The Morgan fingerprint density at radius 2 is 1.82 bits per heavy atom. The highest BCUT2D eigenvalue weighted by Crippen LogP contribution is 2.41. The average Bonchev–Trinajstić information content (AvgIpc) is 3.18. The van der Waals surface area contributed by atoms with E-state index < -0.39 is 0 Å². The molecule has 0 aliphatic carbocycles. The van der Waals surface area contributed by atoms with Crippen LogP contribution in [0.25, 0.3) is 0 Å². The number of amidine groups is 1. The molecule has 1 aliphatic rings. The van der Waals surface area contributed by atoms with Crippen molar-refractivity contribution in [3.63, 3.8) is 0 Å². The number of nitrogens with two attached hydrogens (primary N) is 1. The van der Waals surface area contributed by atoms with Gasteiger partial charge in [-0.15, -0.1) is 0 Å². The Morgan fingerprint density at radius 1 is 1.11 bits per heavy atom. The minimum absolute atomic E-state index is 0.0793. The smallest absolute Gasteiger partial charge is 0.217 e. The predicted octanol–water partition coefficient (Wildman–Crippen LogP) is 4.55. The molecule has 2 aromatic rings. The lowest BCUT2D eigenvalue weighted by atomic mass is 9.84. The molecule has 2 atom stereocenters. The highest BCUT2D eigenvalue weighted by molar-refractivity contribution is 6.01.